The second-order valence-corrected chi connectivity index (χ2v) is 3.95. The van der Waals surface area contributed by atoms with E-state index in [-0.39, 0.29) is 18.4 Å². The fraction of sp³-hybridized carbons (Fsp3) is 0.917. The monoisotopic (exact) mass is 251 g/mol. The molecule has 3 N–H and O–H groups in total. The number of hydrogen-bond donors (Lipinski definition) is 1. The molecule has 0 bridgehead atoms. The van der Waals surface area contributed by atoms with Crippen LogP contribution in [0, 0.1) is 0 Å². The molecule has 16 heavy (non-hydrogen) atoms. The summed E-state index contributed by atoms with van der Waals surface area (Å²) in [4.78, 5) is 11.2. The Bertz CT molecular complexity index is 154. The minimum atomic E-state index is -0.0319. The van der Waals surface area contributed by atoms with Gasteiger partial charge in [0.25, 0.3) is 0 Å². The lowest BCUT2D eigenvalue weighted by atomic mass is 10.2. The number of hydrogen-bond acceptors (Lipinski definition) is 2. The van der Waals surface area contributed by atoms with Gasteiger partial charge in [-0.2, -0.15) is 0 Å². The number of carbonyl (C=O) groups is 1. The van der Waals surface area contributed by atoms with Crippen LogP contribution in [0.2, 0.25) is 0 Å². The number of esters is 1. The zero-order chi connectivity index (χ0) is 11.4. The van der Waals surface area contributed by atoms with Crippen LogP contribution < -0.4 is 18.1 Å². The fourth-order valence-electron chi connectivity index (χ4n) is 1.41. The van der Waals surface area contributed by atoms with E-state index in [0.717, 1.165) is 32.2 Å². The van der Waals surface area contributed by atoms with Gasteiger partial charge < -0.3 is 22.9 Å². The lowest BCUT2D eigenvalue weighted by Crippen LogP contribution is -3.00. The van der Waals surface area contributed by atoms with E-state index in [1.807, 2.05) is 0 Å². The van der Waals surface area contributed by atoms with E-state index in [2.05, 4.69) is 12.7 Å². The summed E-state index contributed by atoms with van der Waals surface area (Å²) in [5.74, 6) is -0.0319. The van der Waals surface area contributed by atoms with E-state index < -0.39 is 0 Å². The van der Waals surface area contributed by atoms with Crippen LogP contribution >= 0.6 is 0 Å². The second kappa shape index (κ2) is 14.7. The summed E-state index contributed by atoms with van der Waals surface area (Å²) in [6.45, 7) is 3.74. The molecule has 0 radical (unpaired) electrons. The first-order chi connectivity index (χ1) is 7.31. The van der Waals surface area contributed by atoms with Crippen molar-refractivity contribution in [3.8, 4) is 0 Å². The maximum Gasteiger partial charge on any atom is 0.305 e. The van der Waals surface area contributed by atoms with Crippen molar-refractivity contribution in [2.45, 2.75) is 58.3 Å². The molecular formula is C12H26ClNO2. The molecule has 0 atom stereocenters. The summed E-state index contributed by atoms with van der Waals surface area (Å²) < 4.78 is 5.11. The Kier molecular flexibility index (Phi) is 16.6. The second-order valence-electron chi connectivity index (χ2n) is 3.95. The van der Waals surface area contributed by atoms with Gasteiger partial charge in [0.05, 0.1) is 13.2 Å². The van der Waals surface area contributed by atoms with Crippen molar-refractivity contribution in [3.05, 3.63) is 0 Å². The molecular weight excluding hydrogens is 226 g/mol. The van der Waals surface area contributed by atoms with E-state index in [1.165, 1.54) is 19.3 Å². The number of halogens is 1. The molecule has 0 fully saturated rings. The molecule has 0 aliphatic rings. The maximum atomic E-state index is 11.2. The molecule has 3 nitrogen and oxygen atoms in total. The summed E-state index contributed by atoms with van der Waals surface area (Å²) in [5.41, 5.74) is 3.76. The summed E-state index contributed by atoms with van der Waals surface area (Å²) in [6, 6.07) is 0. The Morgan fingerprint density at radius 2 is 1.75 bits per heavy atom. The SMILES string of the molecule is CCCCCCOC(=O)CCCCC[NH3+].[Cl-]. The minimum Gasteiger partial charge on any atom is -1.00 e. The van der Waals surface area contributed by atoms with E-state index in [0.29, 0.717) is 13.0 Å². The van der Waals surface area contributed by atoms with Crippen LogP contribution in [0.15, 0.2) is 0 Å². The number of rotatable bonds is 10. The lowest BCUT2D eigenvalue weighted by molar-refractivity contribution is -0.368. The topological polar surface area (TPSA) is 53.9 Å². The predicted molar refractivity (Wildman–Crippen MR) is 61.3 cm³/mol. The quantitative estimate of drug-likeness (QED) is 0.397. The van der Waals surface area contributed by atoms with Gasteiger partial charge in [-0.05, 0) is 25.7 Å². The molecule has 0 spiro atoms. The number of quaternary nitrogens is 1. The minimum absolute atomic E-state index is 0. The van der Waals surface area contributed by atoms with E-state index in [1.54, 1.807) is 0 Å². The zero-order valence-electron chi connectivity index (χ0n) is 10.5. The molecule has 0 aliphatic heterocycles. The molecule has 0 aromatic rings. The van der Waals surface area contributed by atoms with Gasteiger partial charge >= 0.3 is 5.97 Å². The highest BCUT2D eigenvalue weighted by molar-refractivity contribution is 5.69. The molecule has 0 unspecified atom stereocenters. The van der Waals surface area contributed by atoms with Crippen LogP contribution in [-0.2, 0) is 9.53 Å². The molecule has 0 aliphatic carbocycles. The van der Waals surface area contributed by atoms with Gasteiger partial charge in [0.1, 0.15) is 0 Å². The average Bonchev–Trinajstić information content (AvgIpc) is 2.24. The predicted octanol–water partition coefficient (Wildman–Crippen LogP) is -1.08. The zero-order valence-corrected chi connectivity index (χ0v) is 11.2. The molecule has 4 heteroatoms. The van der Waals surface area contributed by atoms with Crippen LogP contribution in [0.25, 0.3) is 0 Å². The van der Waals surface area contributed by atoms with Crippen molar-refractivity contribution < 1.29 is 27.7 Å². The number of unbranched alkanes of at least 4 members (excludes halogenated alkanes) is 5. The third-order valence-electron chi connectivity index (χ3n) is 2.39. The standard InChI is InChI=1S/C12H25NO2.ClH/c1-2-3-4-8-11-15-12(14)9-6-5-7-10-13;/h2-11,13H2,1H3;1H. The van der Waals surface area contributed by atoms with E-state index >= 15 is 0 Å². The largest absolute Gasteiger partial charge is 1.00 e. The van der Waals surface area contributed by atoms with Crippen LogP contribution in [0.1, 0.15) is 58.3 Å². The van der Waals surface area contributed by atoms with Crippen LogP contribution in [0.5, 0.6) is 0 Å². The van der Waals surface area contributed by atoms with Crippen molar-refractivity contribution in [3.63, 3.8) is 0 Å². The molecule has 0 saturated carbocycles. The molecule has 0 heterocycles. The van der Waals surface area contributed by atoms with Crippen LogP contribution in [-0.4, -0.2) is 19.1 Å². The summed E-state index contributed by atoms with van der Waals surface area (Å²) in [7, 11) is 0. The first-order valence-electron chi connectivity index (χ1n) is 6.26. The van der Waals surface area contributed by atoms with Crippen molar-refractivity contribution in [1.82, 2.24) is 0 Å². The lowest BCUT2D eigenvalue weighted by Gasteiger charge is -2.03. The average molecular weight is 252 g/mol. The number of carbonyl (C=O) groups excluding carboxylic acids is 1. The Balaban J connectivity index is 0. The smallest absolute Gasteiger partial charge is 0.305 e. The normalized spacial score (nSPS) is 9.62. The molecule has 98 valence electrons. The Hall–Kier alpha value is -0.280. The highest BCUT2D eigenvalue weighted by Gasteiger charge is 2.01. The maximum absolute atomic E-state index is 11.2. The van der Waals surface area contributed by atoms with Crippen LogP contribution in [0.4, 0.5) is 0 Å². The highest BCUT2D eigenvalue weighted by Crippen LogP contribution is 2.02. The van der Waals surface area contributed by atoms with Gasteiger partial charge in [-0.15, -0.1) is 0 Å². The van der Waals surface area contributed by atoms with Crippen LogP contribution in [0.3, 0.4) is 0 Å². The Morgan fingerprint density at radius 3 is 2.38 bits per heavy atom. The number of ether oxygens (including phenoxy) is 1. The first kappa shape index (κ1) is 18.1. The van der Waals surface area contributed by atoms with Gasteiger partial charge in [0, 0.05) is 6.42 Å². The third-order valence-corrected chi connectivity index (χ3v) is 2.39. The highest BCUT2D eigenvalue weighted by atomic mass is 35.5. The van der Waals surface area contributed by atoms with Gasteiger partial charge in [-0.1, -0.05) is 26.2 Å². The van der Waals surface area contributed by atoms with Crippen molar-refractivity contribution in [1.29, 1.82) is 0 Å². The van der Waals surface area contributed by atoms with Gasteiger partial charge in [0.2, 0.25) is 0 Å². The first-order valence-corrected chi connectivity index (χ1v) is 6.26. The van der Waals surface area contributed by atoms with Gasteiger partial charge in [-0.25, -0.2) is 0 Å². The van der Waals surface area contributed by atoms with E-state index in [9.17, 15) is 4.79 Å². The third kappa shape index (κ3) is 13.7. The Labute approximate surface area is 106 Å². The van der Waals surface area contributed by atoms with Crippen molar-refractivity contribution >= 4 is 5.97 Å². The molecule has 0 amide bonds. The van der Waals surface area contributed by atoms with Gasteiger partial charge in [-0.3, -0.25) is 4.79 Å². The Morgan fingerprint density at radius 1 is 1.06 bits per heavy atom. The van der Waals surface area contributed by atoms with Crippen molar-refractivity contribution in [2.75, 3.05) is 13.2 Å². The molecule has 0 aromatic heterocycles. The molecule has 0 rings (SSSR count). The van der Waals surface area contributed by atoms with E-state index in [4.69, 9.17) is 4.74 Å². The fourth-order valence-corrected chi connectivity index (χ4v) is 1.41. The summed E-state index contributed by atoms with van der Waals surface area (Å²) in [5, 5.41) is 0. The summed E-state index contributed by atoms with van der Waals surface area (Å²) in [6.07, 6.45) is 8.37. The van der Waals surface area contributed by atoms with Crippen molar-refractivity contribution in [2.24, 2.45) is 0 Å². The molecule has 0 aromatic carbocycles. The molecule has 0 saturated heterocycles. The summed E-state index contributed by atoms with van der Waals surface area (Å²) >= 11 is 0. The van der Waals surface area contributed by atoms with Gasteiger partial charge in [0.15, 0.2) is 0 Å².